The van der Waals surface area contributed by atoms with Crippen LogP contribution < -0.4 is 10.6 Å². The summed E-state index contributed by atoms with van der Waals surface area (Å²) in [4.78, 5) is 29.9. The quantitative estimate of drug-likeness (QED) is 0.450. The highest BCUT2D eigenvalue weighted by Crippen LogP contribution is 2.31. The number of aromatic nitrogens is 2. The summed E-state index contributed by atoms with van der Waals surface area (Å²) >= 11 is 0. The molecule has 2 aromatic heterocycles. The molecule has 8 heteroatoms. The van der Waals surface area contributed by atoms with Crippen molar-refractivity contribution in [2.75, 3.05) is 5.32 Å². The predicted octanol–water partition coefficient (Wildman–Crippen LogP) is 3.42. The van der Waals surface area contributed by atoms with Crippen LogP contribution in [0.1, 0.15) is 43.6 Å². The minimum atomic E-state index is -0.746. The van der Waals surface area contributed by atoms with Crippen molar-refractivity contribution in [3.05, 3.63) is 101 Å². The fourth-order valence-electron chi connectivity index (χ4n) is 4.17. The number of aryl methyl sites for hydroxylation is 1. The SMILES string of the molecule is Cc1ccn2c(C(=O)Nc3cc(C(=O)NC4c5ccccc5CC4O)ccc3F)cnc2c1. The van der Waals surface area contributed by atoms with Gasteiger partial charge in [-0.25, -0.2) is 9.37 Å². The standard InChI is InChI=1S/C25H21FN4O3/c1-14-8-9-30-20(13-27-22(30)10-14)25(33)28-19-11-16(6-7-18(19)26)24(32)29-23-17-5-3-2-4-15(17)12-21(23)31/h2-11,13,21,23,31H,12H2,1H3,(H,28,33)(H,29,32). The van der Waals surface area contributed by atoms with Gasteiger partial charge in [0.1, 0.15) is 17.2 Å². The Balaban J connectivity index is 1.37. The van der Waals surface area contributed by atoms with E-state index in [1.54, 1.807) is 10.6 Å². The van der Waals surface area contributed by atoms with E-state index in [0.29, 0.717) is 12.1 Å². The lowest BCUT2D eigenvalue weighted by Gasteiger charge is -2.18. The van der Waals surface area contributed by atoms with Crippen LogP contribution in [-0.2, 0) is 6.42 Å². The van der Waals surface area contributed by atoms with Crippen LogP contribution in [0, 0.1) is 12.7 Å². The molecule has 0 bridgehead atoms. The molecule has 7 nitrogen and oxygen atoms in total. The molecule has 2 amide bonds. The Morgan fingerprint density at radius 3 is 2.79 bits per heavy atom. The highest BCUT2D eigenvalue weighted by atomic mass is 19.1. The summed E-state index contributed by atoms with van der Waals surface area (Å²) in [5, 5.41) is 15.7. The minimum absolute atomic E-state index is 0.123. The van der Waals surface area contributed by atoms with E-state index < -0.39 is 29.8 Å². The first-order chi connectivity index (χ1) is 15.9. The van der Waals surface area contributed by atoms with Gasteiger partial charge in [0.2, 0.25) is 0 Å². The van der Waals surface area contributed by atoms with Gasteiger partial charge in [-0.15, -0.1) is 0 Å². The number of amides is 2. The Kier molecular flexibility index (Phi) is 5.14. The number of nitrogens with one attached hydrogen (secondary N) is 2. The minimum Gasteiger partial charge on any atom is -0.390 e. The maximum atomic E-state index is 14.5. The second-order valence-electron chi connectivity index (χ2n) is 8.15. The number of halogens is 1. The van der Waals surface area contributed by atoms with Crippen molar-refractivity contribution in [2.45, 2.75) is 25.5 Å². The van der Waals surface area contributed by atoms with Crippen LogP contribution in [0.25, 0.3) is 5.65 Å². The van der Waals surface area contributed by atoms with Gasteiger partial charge in [-0.3, -0.25) is 14.0 Å². The van der Waals surface area contributed by atoms with Gasteiger partial charge in [-0.1, -0.05) is 24.3 Å². The lowest BCUT2D eigenvalue weighted by Crippen LogP contribution is -2.34. The van der Waals surface area contributed by atoms with Gasteiger partial charge in [-0.05, 0) is 53.9 Å². The van der Waals surface area contributed by atoms with E-state index in [0.717, 1.165) is 22.8 Å². The van der Waals surface area contributed by atoms with Crippen molar-refractivity contribution >= 4 is 23.1 Å². The summed E-state index contributed by atoms with van der Waals surface area (Å²) in [6, 6.07) is 14.4. The lowest BCUT2D eigenvalue weighted by atomic mass is 10.1. The summed E-state index contributed by atoms with van der Waals surface area (Å²) in [5.41, 5.74) is 3.72. The van der Waals surface area contributed by atoms with Gasteiger partial charge in [0, 0.05) is 18.2 Å². The number of benzene rings is 2. The van der Waals surface area contributed by atoms with Crippen molar-refractivity contribution in [1.29, 1.82) is 0 Å². The van der Waals surface area contributed by atoms with E-state index >= 15 is 0 Å². The Morgan fingerprint density at radius 2 is 1.94 bits per heavy atom. The molecule has 1 aliphatic rings. The molecule has 166 valence electrons. The Labute approximate surface area is 188 Å². The summed E-state index contributed by atoms with van der Waals surface area (Å²) in [5.74, 6) is -1.70. The molecule has 2 heterocycles. The molecule has 0 saturated carbocycles. The Bertz CT molecular complexity index is 1400. The maximum Gasteiger partial charge on any atom is 0.274 e. The van der Waals surface area contributed by atoms with E-state index in [9.17, 15) is 19.1 Å². The Morgan fingerprint density at radius 1 is 1.12 bits per heavy atom. The summed E-state index contributed by atoms with van der Waals surface area (Å²) < 4.78 is 16.1. The van der Waals surface area contributed by atoms with E-state index in [-0.39, 0.29) is 16.9 Å². The zero-order valence-electron chi connectivity index (χ0n) is 17.7. The molecule has 2 aromatic carbocycles. The van der Waals surface area contributed by atoms with Crippen LogP contribution in [0.3, 0.4) is 0 Å². The van der Waals surface area contributed by atoms with E-state index in [2.05, 4.69) is 15.6 Å². The molecule has 0 aliphatic heterocycles. The highest BCUT2D eigenvalue weighted by Gasteiger charge is 2.32. The van der Waals surface area contributed by atoms with Crippen LogP contribution >= 0.6 is 0 Å². The largest absolute Gasteiger partial charge is 0.390 e. The second-order valence-corrected chi connectivity index (χ2v) is 8.15. The fraction of sp³-hybridized carbons (Fsp3) is 0.160. The number of aliphatic hydroxyl groups excluding tert-OH is 1. The summed E-state index contributed by atoms with van der Waals surface area (Å²) in [6.07, 6.45) is 2.84. The van der Waals surface area contributed by atoms with Gasteiger partial charge in [-0.2, -0.15) is 0 Å². The van der Waals surface area contributed by atoms with Gasteiger partial charge >= 0.3 is 0 Å². The molecule has 2 unspecified atom stereocenters. The fourth-order valence-corrected chi connectivity index (χ4v) is 4.17. The van der Waals surface area contributed by atoms with Crippen LogP contribution in [0.15, 0.2) is 67.0 Å². The lowest BCUT2D eigenvalue weighted by molar-refractivity contribution is 0.0857. The number of hydrogen-bond acceptors (Lipinski definition) is 4. The molecule has 0 saturated heterocycles. The molecule has 3 N–H and O–H groups in total. The van der Waals surface area contributed by atoms with Crippen molar-refractivity contribution < 1.29 is 19.1 Å². The number of nitrogens with zero attached hydrogens (tertiary/aromatic N) is 2. The monoisotopic (exact) mass is 444 g/mol. The number of hydrogen-bond donors (Lipinski definition) is 3. The van der Waals surface area contributed by atoms with Gasteiger partial charge in [0.25, 0.3) is 11.8 Å². The van der Waals surface area contributed by atoms with Gasteiger partial charge in [0.15, 0.2) is 0 Å². The summed E-state index contributed by atoms with van der Waals surface area (Å²) in [7, 11) is 0. The smallest absolute Gasteiger partial charge is 0.274 e. The Hall–Kier alpha value is -4.04. The molecule has 33 heavy (non-hydrogen) atoms. The van der Waals surface area contributed by atoms with Crippen molar-refractivity contribution in [2.24, 2.45) is 0 Å². The summed E-state index contributed by atoms with van der Waals surface area (Å²) in [6.45, 7) is 1.92. The third-order valence-electron chi connectivity index (χ3n) is 5.87. The molecule has 0 radical (unpaired) electrons. The number of carbonyl (C=O) groups excluding carboxylic acids is 2. The van der Waals surface area contributed by atoms with Crippen molar-refractivity contribution in [3.8, 4) is 0 Å². The van der Waals surface area contributed by atoms with Gasteiger partial charge in [0.05, 0.1) is 24.0 Å². The van der Waals surface area contributed by atoms with E-state index in [4.69, 9.17) is 0 Å². The van der Waals surface area contributed by atoms with Crippen molar-refractivity contribution in [3.63, 3.8) is 0 Å². The van der Waals surface area contributed by atoms with Crippen LogP contribution in [0.5, 0.6) is 0 Å². The molecule has 0 fully saturated rings. The van der Waals surface area contributed by atoms with Crippen LogP contribution in [-0.4, -0.2) is 32.4 Å². The number of imidazole rings is 1. The normalized spacial score (nSPS) is 17.1. The second kappa shape index (κ2) is 8.14. The van der Waals surface area contributed by atoms with Gasteiger partial charge < -0.3 is 15.7 Å². The molecule has 2 atom stereocenters. The topological polar surface area (TPSA) is 95.7 Å². The zero-order valence-corrected chi connectivity index (χ0v) is 17.7. The first kappa shape index (κ1) is 20.8. The van der Waals surface area contributed by atoms with Crippen LogP contribution in [0.2, 0.25) is 0 Å². The average Bonchev–Trinajstić information content (AvgIpc) is 3.35. The molecular formula is C25H21FN4O3. The van der Waals surface area contributed by atoms with Crippen LogP contribution in [0.4, 0.5) is 10.1 Å². The molecule has 4 aromatic rings. The van der Waals surface area contributed by atoms with Crippen molar-refractivity contribution in [1.82, 2.24) is 14.7 Å². The number of carbonyl (C=O) groups is 2. The number of fused-ring (bicyclic) bond motifs is 2. The molecule has 5 rings (SSSR count). The number of aliphatic hydroxyl groups is 1. The number of anilines is 1. The third kappa shape index (κ3) is 3.85. The first-order valence-corrected chi connectivity index (χ1v) is 10.5. The predicted molar refractivity (Wildman–Crippen MR) is 121 cm³/mol. The van der Waals surface area contributed by atoms with E-state index in [1.807, 2.05) is 43.3 Å². The number of pyridine rings is 1. The maximum absolute atomic E-state index is 14.5. The molecule has 0 spiro atoms. The third-order valence-corrected chi connectivity index (χ3v) is 5.87. The van der Waals surface area contributed by atoms with E-state index in [1.165, 1.54) is 18.3 Å². The first-order valence-electron chi connectivity index (χ1n) is 10.5. The molecular weight excluding hydrogens is 423 g/mol. The molecule has 1 aliphatic carbocycles. The highest BCUT2D eigenvalue weighted by molar-refractivity contribution is 6.04. The average molecular weight is 444 g/mol. The number of rotatable bonds is 4. The zero-order chi connectivity index (χ0) is 23.1.